The van der Waals surface area contributed by atoms with Gasteiger partial charge in [-0.05, 0) is 37.1 Å². The molecule has 0 saturated carbocycles. The third kappa shape index (κ3) is 6.87. The van der Waals surface area contributed by atoms with Crippen LogP contribution in [0.2, 0.25) is 0 Å². The lowest BCUT2D eigenvalue weighted by atomic mass is 10.0. The van der Waals surface area contributed by atoms with Crippen molar-refractivity contribution in [3.63, 3.8) is 0 Å². The minimum atomic E-state index is -4.41. The van der Waals surface area contributed by atoms with Crippen molar-refractivity contribution in [1.29, 1.82) is 0 Å². The summed E-state index contributed by atoms with van der Waals surface area (Å²) in [5.41, 5.74) is -0.783. The summed E-state index contributed by atoms with van der Waals surface area (Å²) in [5.74, 6) is 0.334. The number of nitrogens with one attached hydrogen (secondary N) is 2. The summed E-state index contributed by atoms with van der Waals surface area (Å²) in [5, 5.41) is 5.36. The molecule has 2 heterocycles. The van der Waals surface area contributed by atoms with E-state index < -0.39 is 17.6 Å². The first kappa shape index (κ1) is 22.4. The second kappa shape index (κ2) is 10.1. The minimum Gasteiger partial charge on any atom is -0.484 e. The number of amides is 2. The van der Waals surface area contributed by atoms with Crippen LogP contribution in [-0.4, -0.2) is 49.1 Å². The van der Waals surface area contributed by atoms with Gasteiger partial charge in [-0.2, -0.15) is 13.2 Å². The number of pyridine rings is 1. The van der Waals surface area contributed by atoms with Crippen LogP contribution in [0.3, 0.4) is 0 Å². The molecule has 1 saturated heterocycles. The number of piperidine rings is 1. The molecule has 2 N–H and O–H groups in total. The van der Waals surface area contributed by atoms with E-state index in [-0.39, 0.29) is 25.1 Å². The van der Waals surface area contributed by atoms with Crippen molar-refractivity contribution in [2.45, 2.75) is 25.1 Å². The first-order chi connectivity index (χ1) is 14.8. The largest absolute Gasteiger partial charge is 0.484 e. The molecule has 2 amide bonds. The van der Waals surface area contributed by atoms with Gasteiger partial charge in [-0.1, -0.05) is 18.2 Å². The third-order valence-corrected chi connectivity index (χ3v) is 4.82. The van der Waals surface area contributed by atoms with Crippen LogP contribution in [0, 0.1) is 0 Å². The van der Waals surface area contributed by atoms with Gasteiger partial charge in [-0.25, -0.2) is 4.98 Å². The Hall–Kier alpha value is -3.30. The minimum absolute atomic E-state index is 0.0735. The molecule has 3 rings (SSSR count). The SMILES string of the molecule is O=C(COc1ccccc1)NCC(=O)NC1CCN(c2ccc(C(F)(F)F)cn2)CC1. The smallest absolute Gasteiger partial charge is 0.417 e. The van der Waals surface area contributed by atoms with Crippen molar-refractivity contribution in [1.82, 2.24) is 15.6 Å². The lowest BCUT2D eigenvalue weighted by molar-refractivity contribution is -0.137. The van der Waals surface area contributed by atoms with Crippen molar-refractivity contribution < 1.29 is 27.5 Å². The molecule has 1 fully saturated rings. The third-order valence-electron chi connectivity index (χ3n) is 4.82. The Labute approximate surface area is 177 Å². The summed E-state index contributed by atoms with van der Waals surface area (Å²) in [6.07, 6.45) is -2.34. The van der Waals surface area contributed by atoms with E-state index in [9.17, 15) is 22.8 Å². The number of hydrogen-bond donors (Lipinski definition) is 2. The van der Waals surface area contributed by atoms with E-state index >= 15 is 0 Å². The van der Waals surface area contributed by atoms with E-state index in [2.05, 4.69) is 15.6 Å². The summed E-state index contributed by atoms with van der Waals surface area (Å²) in [7, 11) is 0. The Morgan fingerprint density at radius 2 is 1.77 bits per heavy atom. The van der Waals surface area contributed by atoms with Crippen LogP contribution in [0.5, 0.6) is 5.75 Å². The normalized spacial score (nSPS) is 14.7. The van der Waals surface area contributed by atoms with Gasteiger partial charge in [0.05, 0.1) is 12.1 Å². The fourth-order valence-corrected chi connectivity index (χ4v) is 3.17. The molecule has 0 radical (unpaired) electrons. The molecule has 1 aliphatic rings. The quantitative estimate of drug-likeness (QED) is 0.697. The summed E-state index contributed by atoms with van der Waals surface area (Å²) in [4.78, 5) is 29.7. The van der Waals surface area contributed by atoms with Gasteiger partial charge in [0.1, 0.15) is 11.6 Å². The van der Waals surface area contributed by atoms with E-state index in [1.165, 1.54) is 6.07 Å². The lowest BCUT2D eigenvalue weighted by Crippen LogP contribution is -2.48. The number of halogens is 3. The van der Waals surface area contributed by atoms with Crippen molar-refractivity contribution in [2.24, 2.45) is 0 Å². The molecule has 0 aliphatic carbocycles. The number of aromatic nitrogens is 1. The summed E-state index contributed by atoms with van der Waals surface area (Å²) < 4.78 is 43.2. The maximum atomic E-state index is 12.6. The van der Waals surface area contributed by atoms with E-state index in [1.807, 2.05) is 11.0 Å². The first-order valence-corrected chi connectivity index (χ1v) is 9.83. The highest BCUT2D eigenvalue weighted by Crippen LogP contribution is 2.29. The predicted octanol–water partition coefficient (Wildman–Crippen LogP) is 2.38. The van der Waals surface area contributed by atoms with Crippen molar-refractivity contribution in [3.8, 4) is 5.75 Å². The van der Waals surface area contributed by atoms with Gasteiger partial charge in [0.15, 0.2) is 6.61 Å². The van der Waals surface area contributed by atoms with E-state index in [0.717, 1.165) is 12.3 Å². The molecule has 0 bridgehead atoms. The highest BCUT2D eigenvalue weighted by atomic mass is 19.4. The van der Waals surface area contributed by atoms with Gasteiger partial charge in [0.25, 0.3) is 5.91 Å². The standard InChI is InChI=1S/C21H23F3N4O3/c22-21(23,24)15-6-7-18(25-12-15)28-10-8-16(9-11-28)27-19(29)13-26-20(30)14-31-17-4-2-1-3-5-17/h1-7,12,16H,8-11,13-14H2,(H,26,30)(H,27,29). The number of rotatable bonds is 7. The monoisotopic (exact) mass is 436 g/mol. The van der Waals surface area contributed by atoms with Gasteiger partial charge in [-0.15, -0.1) is 0 Å². The Kier molecular flexibility index (Phi) is 7.32. The van der Waals surface area contributed by atoms with Crippen molar-refractivity contribution in [2.75, 3.05) is 31.1 Å². The van der Waals surface area contributed by atoms with Gasteiger partial charge in [0.2, 0.25) is 5.91 Å². The molecule has 7 nitrogen and oxygen atoms in total. The number of nitrogens with zero attached hydrogens (tertiary/aromatic N) is 2. The van der Waals surface area contributed by atoms with Crippen LogP contribution in [-0.2, 0) is 15.8 Å². The fraction of sp³-hybridized carbons (Fsp3) is 0.381. The number of para-hydroxylation sites is 1. The molecule has 10 heteroatoms. The zero-order valence-electron chi connectivity index (χ0n) is 16.7. The number of carbonyl (C=O) groups is 2. The van der Waals surface area contributed by atoms with E-state index in [4.69, 9.17) is 4.74 Å². The predicted molar refractivity (Wildman–Crippen MR) is 108 cm³/mol. The number of hydrogen-bond acceptors (Lipinski definition) is 5. The van der Waals surface area contributed by atoms with Crippen LogP contribution in [0.25, 0.3) is 0 Å². The van der Waals surface area contributed by atoms with Crippen molar-refractivity contribution >= 4 is 17.6 Å². The second-order valence-electron chi connectivity index (χ2n) is 7.11. The maximum absolute atomic E-state index is 12.6. The summed E-state index contributed by atoms with van der Waals surface area (Å²) >= 11 is 0. The molecule has 31 heavy (non-hydrogen) atoms. The van der Waals surface area contributed by atoms with Crippen LogP contribution < -0.4 is 20.3 Å². The fourth-order valence-electron chi connectivity index (χ4n) is 3.17. The van der Waals surface area contributed by atoms with Gasteiger partial charge in [-0.3, -0.25) is 9.59 Å². The lowest BCUT2D eigenvalue weighted by Gasteiger charge is -2.33. The molecule has 0 atom stereocenters. The Bertz CT molecular complexity index is 868. The average Bonchev–Trinajstić information content (AvgIpc) is 2.77. The zero-order chi connectivity index (χ0) is 22.3. The first-order valence-electron chi connectivity index (χ1n) is 9.83. The van der Waals surface area contributed by atoms with Crippen LogP contribution in [0.4, 0.5) is 19.0 Å². The summed E-state index contributed by atoms with van der Waals surface area (Å²) in [6, 6.07) is 11.2. The number of benzene rings is 1. The van der Waals surface area contributed by atoms with Crippen molar-refractivity contribution in [3.05, 3.63) is 54.2 Å². The summed E-state index contributed by atoms with van der Waals surface area (Å²) in [6.45, 7) is 0.772. The molecule has 166 valence electrons. The van der Waals surface area contributed by atoms with E-state index in [1.54, 1.807) is 24.3 Å². The molecule has 1 aromatic heterocycles. The van der Waals surface area contributed by atoms with Gasteiger partial charge in [0, 0.05) is 25.3 Å². The zero-order valence-corrected chi connectivity index (χ0v) is 16.7. The molecule has 1 aromatic carbocycles. The van der Waals surface area contributed by atoms with Crippen LogP contribution >= 0.6 is 0 Å². The number of alkyl halides is 3. The number of carbonyl (C=O) groups excluding carboxylic acids is 2. The molecule has 0 spiro atoms. The molecular weight excluding hydrogens is 413 g/mol. The number of ether oxygens (including phenoxy) is 1. The van der Waals surface area contributed by atoms with Crippen LogP contribution in [0.15, 0.2) is 48.7 Å². The second-order valence-corrected chi connectivity index (χ2v) is 7.11. The maximum Gasteiger partial charge on any atom is 0.417 e. The highest BCUT2D eigenvalue weighted by Gasteiger charge is 2.31. The molecule has 0 unspecified atom stereocenters. The number of anilines is 1. The average molecular weight is 436 g/mol. The highest BCUT2D eigenvalue weighted by molar-refractivity contribution is 5.85. The van der Waals surface area contributed by atoms with Gasteiger partial charge < -0.3 is 20.3 Å². The van der Waals surface area contributed by atoms with Gasteiger partial charge >= 0.3 is 6.18 Å². The Balaban J connectivity index is 1.35. The Morgan fingerprint density at radius 1 is 1.06 bits per heavy atom. The van der Waals surface area contributed by atoms with E-state index in [0.29, 0.717) is 37.5 Å². The Morgan fingerprint density at radius 3 is 2.39 bits per heavy atom. The van der Waals surface area contributed by atoms with Crippen LogP contribution in [0.1, 0.15) is 18.4 Å². The topological polar surface area (TPSA) is 83.6 Å². The molecular formula is C21H23F3N4O3. The molecule has 2 aromatic rings. The molecule has 1 aliphatic heterocycles.